The number of amides is 3. The van der Waals surface area contributed by atoms with Crippen molar-refractivity contribution in [1.82, 2.24) is 34.6 Å². The molecule has 0 bridgehead atoms. The van der Waals surface area contributed by atoms with Crippen LogP contribution in [0.4, 0.5) is 17.5 Å². The molecule has 3 amide bonds. The Morgan fingerprint density at radius 1 is 1.00 bits per heavy atom. The molecule has 16 nitrogen and oxygen atoms in total. The fourth-order valence-electron chi connectivity index (χ4n) is 8.27. The third-order valence-electron chi connectivity index (χ3n) is 11.4. The summed E-state index contributed by atoms with van der Waals surface area (Å²) in [5.41, 5.74) is 2.53. The summed E-state index contributed by atoms with van der Waals surface area (Å²) in [4.78, 5) is 79.2. The van der Waals surface area contributed by atoms with Crippen LogP contribution in [-0.2, 0) is 28.0 Å². The second kappa shape index (κ2) is 16.7. The number of likely N-dealkylation sites (tertiary alicyclic amines) is 1. The van der Waals surface area contributed by atoms with Crippen molar-refractivity contribution in [3.63, 3.8) is 0 Å². The third kappa shape index (κ3) is 8.35. The van der Waals surface area contributed by atoms with E-state index in [9.17, 15) is 24.0 Å². The number of benzene rings is 2. The van der Waals surface area contributed by atoms with Gasteiger partial charge in [-0.1, -0.05) is 11.6 Å². The smallest absolute Gasteiger partial charge is 0.293 e. The number of carbonyl (C=O) groups excluding carboxylic acids is 4. The van der Waals surface area contributed by atoms with Crippen molar-refractivity contribution in [1.29, 1.82) is 0 Å². The van der Waals surface area contributed by atoms with E-state index in [4.69, 9.17) is 26.1 Å². The van der Waals surface area contributed by atoms with E-state index in [1.54, 1.807) is 30.3 Å². The Labute approximate surface area is 340 Å². The first-order chi connectivity index (χ1) is 28.0. The van der Waals surface area contributed by atoms with Gasteiger partial charge in [0.25, 0.3) is 11.5 Å². The number of hydrogen-bond donors (Lipinski definition) is 2. The zero-order valence-electron chi connectivity index (χ0n) is 32.5. The molecule has 4 aliphatic rings. The van der Waals surface area contributed by atoms with Crippen LogP contribution in [0, 0.1) is 0 Å². The highest BCUT2D eigenvalue weighted by atomic mass is 35.5. The molecule has 2 aromatic carbocycles. The molecule has 4 aliphatic heterocycles. The van der Waals surface area contributed by atoms with Crippen molar-refractivity contribution in [2.24, 2.45) is 7.05 Å². The number of imide groups is 1. The number of piperazine rings is 1. The minimum Gasteiger partial charge on any atom is -0.494 e. The molecule has 58 heavy (non-hydrogen) atoms. The van der Waals surface area contributed by atoms with Crippen LogP contribution in [0.3, 0.4) is 0 Å². The van der Waals surface area contributed by atoms with Crippen LogP contribution >= 0.6 is 11.6 Å². The first-order valence-electron chi connectivity index (χ1n) is 19.7. The molecule has 0 saturated carbocycles. The van der Waals surface area contributed by atoms with Gasteiger partial charge in [0.2, 0.25) is 17.8 Å². The van der Waals surface area contributed by atoms with Gasteiger partial charge in [-0.05, 0) is 80.8 Å². The Balaban J connectivity index is 0.793. The molecule has 0 aliphatic carbocycles. The zero-order valence-corrected chi connectivity index (χ0v) is 33.3. The molecule has 304 valence electrons. The molecule has 2 aromatic heterocycles. The quantitative estimate of drug-likeness (QED) is 0.149. The summed E-state index contributed by atoms with van der Waals surface area (Å²) in [7, 11) is 1.67. The van der Waals surface area contributed by atoms with Crippen molar-refractivity contribution >= 4 is 63.5 Å². The molecule has 2 unspecified atom stereocenters. The van der Waals surface area contributed by atoms with Crippen LogP contribution < -0.4 is 30.6 Å². The van der Waals surface area contributed by atoms with E-state index < -0.39 is 11.9 Å². The van der Waals surface area contributed by atoms with Crippen molar-refractivity contribution in [3.05, 3.63) is 75.2 Å². The Morgan fingerprint density at radius 2 is 1.83 bits per heavy atom. The predicted molar refractivity (Wildman–Crippen MR) is 217 cm³/mol. The molecule has 17 heteroatoms. The molecule has 3 fully saturated rings. The number of ketones is 1. The number of Topliss-reactive ketones (excluding diaryl/α,β-unsaturated/α-hetero) is 1. The van der Waals surface area contributed by atoms with E-state index in [2.05, 4.69) is 30.3 Å². The summed E-state index contributed by atoms with van der Waals surface area (Å²) in [6.07, 6.45) is 4.16. The molecular formula is C41H46ClN9O7. The molecule has 2 atom stereocenters. The lowest BCUT2D eigenvalue weighted by atomic mass is 10.0. The van der Waals surface area contributed by atoms with Crippen molar-refractivity contribution in [3.8, 4) is 11.5 Å². The normalized spacial score (nSPS) is 20.1. The number of nitrogens with zero attached hydrogens (tertiary/aromatic N) is 7. The molecule has 6 heterocycles. The van der Waals surface area contributed by atoms with Gasteiger partial charge >= 0.3 is 0 Å². The number of halogens is 1. The summed E-state index contributed by atoms with van der Waals surface area (Å²) in [6, 6.07) is 12.5. The number of nitrogens with one attached hydrogen (secondary N) is 2. The number of aromatic nitrogens is 3. The number of pyridine rings is 1. The lowest BCUT2D eigenvalue weighted by Crippen LogP contribution is -2.52. The average Bonchev–Trinajstić information content (AvgIpc) is 3.82. The lowest BCUT2D eigenvalue weighted by molar-refractivity contribution is -0.137. The zero-order chi connectivity index (χ0) is 40.5. The molecule has 8 rings (SSSR count). The topological polar surface area (TPSA) is 172 Å². The number of ether oxygens (including phenoxy) is 2. The highest BCUT2D eigenvalue weighted by Crippen LogP contribution is 2.31. The number of piperidine rings is 1. The predicted octanol–water partition coefficient (Wildman–Crippen LogP) is 3.12. The maximum Gasteiger partial charge on any atom is 0.293 e. The number of rotatable bonds is 13. The van der Waals surface area contributed by atoms with E-state index in [1.165, 1.54) is 11.5 Å². The Morgan fingerprint density at radius 3 is 2.62 bits per heavy atom. The number of anilines is 3. The Bertz CT molecular complexity index is 2330. The van der Waals surface area contributed by atoms with Crippen LogP contribution in [0.2, 0.25) is 5.02 Å². The van der Waals surface area contributed by atoms with Crippen LogP contribution in [0.5, 0.6) is 11.5 Å². The molecule has 0 spiro atoms. The van der Waals surface area contributed by atoms with Gasteiger partial charge in [0.15, 0.2) is 17.4 Å². The van der Waals surface area contributed by atoms with E-state index in [1.807, 2.05) is 30.3 Å². The molecule has 3 saturated heterocycles. The van der Waals surface area contributed by atoms with Crippen molar-refractivity contribution < 1.29 is 28.7 Å². The minimum absolute atomic E-state index is 0.108. The maximum absolute atomic E-state index is 13.0. The lowest BCUT2D eigenvalue weighted by Gasteiger charge is -2.38. The van der Waals surface area contributed by atoms with Crippen LogP contribution in [0.1, 0.15) is 48.5 Å². The van der Waals surface area contributed by atoms with Gasteiger partial charge in [0.05, 0.1) is 18.3 Å². The highest BCUT2D eigenvalue weighted by Gasteiger charge is 2.39. The van der Waals surface area contributed by atoms with Crippen LogP contribution in [-0.4, -0.2) is 124 Å². The number of carbonyl (C=O) groups is 4. The average molecular weight is 812 g/mol. The van der Waals surface area contributed by atoms with Gasteiger partial charge in [0, 0.05) is 82.0 Å². The summed E-state index contributed by atoms with van der Waals surface area (Å²) in [5.74, 6) is 0.815. The van der Waals surface area contributed by atoms with Crippen molar-refractivity contribution in [2.45, 2.75) is 51.2 Å². The first-order valence-corrected chi connectivity index (χ1v) is 20.1. The van der Waals surface area contributed by atoms with Gasteiger partial charge in [-0.3, -0.25) is 34.2 Å². The highest BCUT2D eigenvalue weighted by molar-refractivity contribution is 6.33. The molecular weight excluding hydrogens is 766 g/mol. The summed E-state index contributed by atoms with van der Waals surface area (Å²) >= 11 is 6.55. The van der Waals surface area contributed by atoms with E-state index >= 15 is 0 Å². The monoisotopic (exact) mass is 811 g/mol. The van der Waals surface area contributed by atoms with Crippen LogP contribution in [0.15, 0.2) is 53.5 Å². The van der Waals surface area contributed by atoms with Crippen molar-refractivity contribution in [2.75, 3.05) is 69.2 Å². The van der Waals surface area contributed by atoms with Gasteiger partial charge in [0.1, 0.15) is 23.4 Å². The summed E-state index contributed by atoms with van der Waals surface area (Å²) in [6.45, 7) is 8.46. The first kappa shape index (κ1) is 39.3. The van der Waals surface area contributed by atoms with Gasteiger partial charge in [-0.25, -0.2) is 4.98 Å². The largest absolute Gasteiger partial charge is 0.494 e. The van der Waals surface area contributed by atoms with E-state index in [0.717, 1.165) is 75.3 Å². The fraction of sp³-hybridized carbons (Fsp3) is 0.439. The Kier molecular flexibility index (Phi) is 11.3. The van der Waals surface area contributed by atoms with Gasteiger partial charge in [-0.15, -0.1) is 0 Å². The summed E-state index contributed by atoms with van der Waals surface area (Å²) in [5, 5.41) is 6.79. The molecule has 0 radical (unpaired) electrons. The number of fused-ring (bicyclic) bond motifs is 2. The second-order valence-corrected chi connectivity index (χ2v) is 15.7. The number of aryl methyl sites for hydroxylation is 1. The third-order valence-corrected chi connectivity index (χ3v) is 11.6. The summed E-state index contributed by atoms with van der Waals surface area (Å²) < 4.78 is 13.1. The second-order valence-electron chi connectivity index (χ2n) is 15.3. The Hall–Kier alpha value is -5.58. The minimum atomic E-state index is -0.633. The van der Waals surface area contributed by atoms with E-state index in [-0.39, 0.29) is 41.9 Å². The van der Waals surface area contributed by atoms with Gasteiger partial charge < -0.3 is 34.1 Å². The molecule has 4 aromatic rings. The van der Waals surface area contributed by atoms with Gasteiger partial charge in [-0.2, -0.15) is 4.98 Å². The fourth-order valence-corrected chi connectivity index (χ4v) is 8.41. The van der Waals surface area contributed by atoms with E-state index in [0.29, 0.717) is 59.2 Å². The standard InChI is InChI=1S/C41H46ClN9O7/c1-25(52)24-58-35-20-26-18-28(4-7-33(26)47(2)40(35)56)44-37-32(42)21-43-41(46-37)50-15-13-49(14-16-50)29-10-12-48(23-29)11-3-17-57-30-5-6-31-27(19-30)22-51(39(31)55)34-8-9-36(53)45-38(34)54/h4-7,18-21,29,34H,3,8-17,22-24H2,1-2H3,(H,43,44,46)(H,45,53,54). The SMILES string of the molecule is CC(=O)COc1cc2cc(Nc3nc(N4CCN(C5CCN(CCCOc6ccc7c(c6)CN(C6CCC(=O)NC6=O)C7=O)C5)CC4)ncc3Cl)ccc2n(C)c1=O. The maximum atomic E-state index is 13.0. The van der Waals surface area contributed by atoms with Crippen LogP contribution in [0.25, 0.3) is 10.9 Å². The molecule has 2 N–H and O–H groups in total. The number of hydrogen-bond acceptors (Lipinski definition) is 13.